The SMILES string of the molecule is C[C@H](Nc1nc(N2CCN(c3ccc(Cl)cc3)CC2)nc2c1[S@](=O)CC2)c1ccccc1. The smallest absolute Gasteiger partial charge is 0.227 e. The Morgan fingerprint density at radius 2 is 1.66 bits per heavy atom. The summed E-state index contributed by atoms with van der Waals surface area (Å²) in [6, 6.07) is 18.3. The molecular weight excluding hydrogens is 442 g/mol. The molecule has 0 bridgehead atoms. The molecule has 0 spiro atoms. The van der Waals surface area contributed by atoms with E-state index in [0.29, 0.717) is 11.6 Å². The van der Waals surface area contributed by atoms with Gasteiger partial charge >= 0.3 is 0 Å². The van der Waals surface area contributed by atoms with Crippen LogP contribution >= 0.6 is 11.6 Å². The first-order chi connectivity index (χ1) is 15.6. The first-order valence-electron chi connectivity index (χ1n) is 10.9. The number of benzene rings is 2. The van der Waals surface area contributed by atoms with Crippen LogP contribution in [0, 0.1) is 0 Å². The topological polar surface area (TPSA) is 61.4 Å². The van der Waals surface area contributed by atoms with Gasteiger partial charge in [0.15, 0.2) is 0 Å². The Balaban J connectivity index is 1.36. The first-order valence-corrected chi connectivity index (χ1v) is 12.6. The van der Waals surface area contributed by atoms with Crippen LogP contribution in [0.4, 0.5) is 17.5 Å². The minimum absolute atomic E-state index is 0.0578. The molecule has 2 aromatic carbocycles. The summed E-state index contributed by atoms with van der Waals surface area (Å²) < 4.78 is 12.7. The molecule has 3 heterocycles. The third-order valence-corrected chi connectivity index (χ3v) is 7.79. The minimum Gasteiger partial charge on any atom is -0.368 e. The molecule has 32 heavy (non-hydrogen) atoms. The largest absolute Gasteiger partial charge is 0.368 e. The lowest BCUT2D eigenvalue weighted by Gasteiger charge is -2.36. The van der Waals surface area contributed by atoms with Gasteiger partial charge in [0.05, 0.1) is 16.5 Å². The molecule has 2 aliphatic heterocycles. The quantitative estimate of drug-likeness (QED) is 0.604. The number of halogens is 1. The highest BCUT2D eigenvalue weighted by atomic mass is 35.5. The maximum Gasteiger partial charge on any atom is 0.227 e. The summed E-state index contributed by atoms with van der Waals surface area (Å²) in [7, 11) is -1.05. The van der Waals surface area contributed by atoms with Crippen LogP contribution in [0.5, 0.6) is 0 Å². The number of rotatable bonds is 5. The van der Waals surface area contributed by atoms with Gasteiger partial charge in [0.2, 0.25) is 5.95 Å². The number of hydrogen-bond acceptors (Lipinski definition) is 6. The number of nitrogens with one attached hydrogen (secondary N) is 1. The van der Waals surface area contributed by atoms with Crippen molar-refractivity contribution in [3.63, 3.8) is 0 Å². The second-order valence-corrected chi connectivity index (χ2v) is 10.1. The van der Waals surface area contributed by atoms with E-state index in [-0.39, 0.29) is 6.04 Å². The molecule has 0 aliphatic carbocycles. The second-order valence-electron chi connectivity index (χ2n) is 8.17. The van der Waals surface area contributed by atoms with Gasteiger partial charge < -0.3 is 15.1 Å². The van der Waals surface area contributed by atoms with E-state index in [4.69, 9.17) is 21.6 Å². The Hall–Kier alpha value is -2.64. The van der Waals surface area contributed by atoms with Crippen molar-refractivity contribution >= 4 is 39.9 Å². The molecule has 1 saturated heterocycles. The lowest BCUT2D eigenvalue weighted by atomic mass is 10.1. The number of nitrogens with zero attached hydrogens (tertiary/aromatic N) is 4. The number of aryl methyl sites for hydroxylation is 1. The number of piperazine rings is 1. The predicted octanol–water partition coefficient (Wildman–Crippen LogP) is 4.29. The van der Waals surface area contributed by atoms with Gasteiger partial charge in [-0.3, -0.25) is 4.21 Å². The number of aromatic nitrogens is 2. The Bertz CT molecular complexity index is 1120. The zero-order chi connectivity index (χ0) is 22.1. The van der Waals surface area contributed by atoms with Crippen molar-refractivity contribution in [2.45, 2.75) is 24.3 Å². The highest BCUT2D eigenvalue weighted by Crippen LogP contribution is 2.32. The normalized spacial score (nSPS) is 19.0. The highest BCUT2D eigenvalue weighted by Gasteiger charge is 2.29. The first kappa shape index (κ1) is 21.2. The molecule has 3 aromatic rings. The van der Waals surface area contributed by atoms with Crippen LogP contribution in [0.15, 0.2) is 59.5 Å². The van der Waals surface area contributed by atoms with Crippen LogP contribution in [0.3, 0.4) is 0 Å². The summed E-state index contributed by atoms with van der Waals surface area (Å²) in [5.74, 6) is 2.05. The van der Waals surface area contributed by atoms with E-state index in [0.717, 1.165) is 54.2 Å². The van der Waals surface area contributed by atoms with Gasteiger partial charge in [-0.15, -0.1) is 0 Å². The summed E-state index contributed by atoms with van der Waals surface area (Å²) >= 11 is 6.03. The van der Waals surface area contributed by atoms with Gasteiger partial charge in [0.25, 0.3) is 0 Å². The molecule has 0 amide bonds. The monoisotopic (exact) mass is 467 g/mol. The Morgan fingerprint density at radius 1 is 0.969 bits per heavy atom. The van der Waals surface area contributed by atoms with E-state index >= 15 is 0 Å². The summed E-state index contributed by atoms with van der Waals surface area (Å²) in [6.45, 7) is 5.54. The van der Waals surface area contributed by atoms with Crippen molar-refractivity contribution in [3.8, 4) is 0 Å². The summed E-state index contributed by atoms with van der Waals surface area (Å²) in [5, 5.41) is 4.27. The van der Waals surface area contributed by atoms with Crippen molar-refractivity contribution in [3.05, 3.63) is 70.9 Å². The Labute approximate surface area is 196 Å². The molecule has 166 valence electrons. The van der Waals surface area contributed by atoms with E-state index < -0.39 is 10.8 Å². The van der Waals surface area contributed by atoms with Crippen LogP contribution in [0.1, 0.15) is 24.2 Å². The third kappa shape index (κ3) is 4.32. The number of fused-ring (bicyclic) bond motifs is 1. The van der Waals surface area contributed by atoms with E-state index in [1.165, 1.54) is 11.3 Å². The van der Waals surface area contributed by atoms with Crippen LogP contribution in [0.2, 0.25) is 5.02 Å². The second kappa shape index (κ2) is 9.08. The fraction of sp³-hybridized carbons (Fsp3) is 0.333. The third-order valence-electron chi connectivity index (χ3n) is 6.08. The van der Waals surface area contributed by atoms with Crippen LogP contribution in [0.25, 0.3) is 0 Å². The zero-order valence-corrected chi connectivity index (χ0v) is 19.6. The molecule has 2 atom stereocenters. The minimum atomic E-state index is -1.05. The van der Waals surface area contributed by atoms with Gasteiger partial charge in [-0.1, -0.05) is 41.9 Å². The van der Waals surface area contributed by atoms with Gasteiger partial charge in [-0.05, 0) is 36.8 Å². The Kier molecular flexibility index (Phi) is 6.02. The Morgan fingerprint density at radius 3 is 2.38 bits per heavy atom. The fourth-order valence-corrected chi connectivity index (χ4v) is 5.71. The lowest BCUT2D eigenvalue weighted by molar-refractivity contribution is 0.637. The average molecular weight is 468 g/mol. The van der Waals surface area contributed by atoms with Gasteiger partial charge in [-0.2, -0.15) is 4.98 Å². The number of hydrogen-bond donors (Lipinski definition) is 1. The standard InChI is InChI=1S/C24H26ClN5OS/c1-17(18-5-3-2-4-6-18)26-23-22-21(11-16-32(22)31)27-24(28-23)30-14-12-29(13-15-30)20-9-7-19(25)8-10-20/h2-10,17H,11-16H2,1H3,(H,26,27,28)/t17-,32+/m0/s1. The van der Waals surface area contributed by atoms with Gasteiger partial charge in [-0.25, -0.2) is 4.98 Å². The molecule has 1 N–H and O–H groups in total. The number of anilines is 3. The van der Waals surface area contributed by atoms with E-state index in [2.05, 4.69) is 46.3 Å². The van der Waals surface area contributed by atoms with Crippen molar-refractivity contribution < 1.29 is 4.21 Å². The van der Waals surface area contributed by atoms with E-state index in [1.807, 2.05) is 30.3 Å². The summed E-state index contributed by atoms with van der Waals surface area (Å²) in [5.41, 5.74) is 3.26. The highest BCUT2D eigenvalue weighted by molar-refractivity contribution is 7.85. The van der Waals surface area contributed by atoms with Crippen molar-refractivity contribution in [1.29, 1.82) is 0 Å². The molecule has 0 saturated carbocycles. The molecule has 2 aliphatic rings. The lowest BCUT2D eigenvalue weighted by Crippen LogP contribution is -2.47. The maximum absolute atomic E-state index is 12.7. The molecule has 0 unspecified atom stereocenters. The van der Waals surface area contributed by atoms with Crippen molar-refractivity contribution in [2.75, 3.05) is 47.0 Å². The molecule has 1 aromatic heterocycles. The maximum atomic E-state index is 12.7. The van der Waals surface area contributed by atoms with E-state index in [1.54, 1.807) is 0 Å². The predicted molar refractivity (Wildman–Crippen MR) is 131 cm³/mol. The zero-order valence-electron chi connectivity index (χ0n) is 18.0. The summed E-state index contributed by atoms with van der Waals surface area (Å²) in [4.78, 5) is 15.0. The van der Waals surface area contributed by atoms with Gasteiger partial charge in [0, 0.05) is 55.1 Å². The van der Waals surface area contributed by atoms with Crippen molar-refractivity contribution in [1.82, 2.24) is 9.97 Å². The molecule has 6 nitrogen and oxygen atoms in total. The van der Waals surface area contributed by atoms with E-state index in [9.17, 15) is 4.21 Å². The molecular formula is C24H26ClN5OS. The van der Waals surface area contributed by atoms with Crippen molar-refractivity contribution in [2.24, 2.45) is 0 Å². The molecule has 5 rings (SSSR count). The molecule has 8 heteroatoms. The fourth-order valence-electron chi connectivity index (χ4n) is 4.27. The summed E-state index contributed by atoms with van der Waals surface area (Å²) in [6.07, 6.45) is 0.733. The van der Waals surface area contributed by atoms with Crippen LogP contribution < -0.4 is 15.1 Å². The van der Waals surface area contributed by atoms with Crippen LogP contribution in [-0.2, 0) is 17.2 Å². The van der Waals surface area contributed by atoms with Gasteiger partial charge in [0.1, 0.15) is 10.7 Å². The van der Waals surface area contributed by atoms with Crippen LogP contribution in [-0.4, -0.2) is 46.1 Å². The molecule has 0 radical (unpaired) electrons. The molecule has 1 fully saturated rings. The average Bonchev–Trinajstić information content (AvgIpc) is 3.21.